The molecule has 2 heterocycles. The molecule has 0 bridgehead atoms. The van der Waals surface area contributed by atoms with Crippen molar-refractivity contribution in [2.24, 2.45) is 0 Å². The molecule has 1 N–H and O–H groups in total. The number of nitrogens with one attached hydrogen (secondary N) is 1. The Kier molecular flexibility index (Phi) is 4.23. The Hall–Kier alpha value is -3.81. The van der Waals surface area contributed by atoms with Gasteiger partial charge in [-0.25, -0.2) is 0 Å². The molecular weight excluding hydrogens is 360 g/mol. The second-order valence-electron chi connectivity index (χ2n) is 6.58. The standard InChI is InChI=1S/C20H16N4O4/c1-11-7-12(2)9-13(8-11)17-22-23-20(28-17)21-16(25)10-24-18(26)14-5-3-4-6-15(14)19(24)27/h3-9H,10H2,1-2H3,(H,21,23,25). The summed E-state index contributed by atoms with van der Waals surface area (Å²) in [6, 6.07) is 12.2. The van der Waals surface area contributed by atoms with E-state index in [1.807, 2.05) is 32.0 Å². The number of carbonyl (C=O) groups excluding carboxylic acids is 3. The van der Waals surface area contributed by atoms with Gasteiger partial charge in [0.2, 0.25) is 11.8 Å². The molecule has 28 heavy (non-hydrogen) atoms. The van der Waals surface area contributed by atoms with Gasteiger partial charge in [-0.3, -0.25) is 24.6 Å². The van der Waals surface area contributed by atoms with Gasteiger partial charge in [0.25, 0.3) is 11.8 Å². The van der Waals surface area contributed by atoms with Crippen molar-refractivity contribution in [2.75, 3.05) is 11.9 Å². The quantitative estimate of drug-likeness (QED) is 0.702. The monoisotopic (exact) mass is 376 g/mol. The summed E-state index contributed by atoms with van der Waals surface area (Å²) in [7, 11) is 0. The molecule has 0 saturated heterocycles. The Labute approximate surface area is 160 Å². The van der Waals surface area contributed by atoms with Gasteiger partial charge in [-0.2, -0.15) is 0 Å². The van der Waals surface area contributed by atoms with Gasteiger partial charge >= 0.3 is 6.01 Å². The van der Waals surface area contributed by atoms with Gasteiger partial charge in [0.05, 0.1) is 11.1 Å². The van der Waals surface area contributed by atoms with Crippen molar-refractivity contribution in [2.45, 2.75) is 13.8 Å². The minimum atomic E-state index is -0.606. The number of hydrogen-bond acceptors (Lipinski definition) is 6. The molecule has 140 valence electrons. The molecular formula is C20H16N4O4. The van der Waals surface area contributed by atoms with Crippen LogP contribution in [0.4, 0.5) is 6.01 Å². The first-order valence-electron chi connectivity index (χ1n) is 8.59. The predicted octanol–water partition coefficient (Wildman–Crippen LogP) is 2.59. The molecule has 0 aliphatic carbocycles. The first-order chi connectivity index (χ1) is 13.4. The third kappa shape index (κ3) is 3.16. The van der Waals surface area contributed by atoms with E-state index < -0.39 is 24.3 Å². The number of amides is 3. The molecule has 0 saturated carbocycles. The summed E-state index contributed by atoms with van der Waals surface area (Å²) in [5.41, 5.74) is 3.41. The Morgan fingerprint density at radius 2 is 1.61 bits per heavy atom. The molecule has 8 heteroatoms. The summed E-state index contributed by atoms with van der Waals surface area (Å²) in [5, 5.41) is 10.2. The number of anilines is 1. The Bertz CT molecular complexity index is 1060. The van der Waals surface area contributed by atoms with E-state index in [1.54, 1.807) is 24.3 Å². The third-order valence-electron chi connectivity index (χ3n) is 4.32. The molecule has 1 aromatic heterocycles. The van der Waals surface area contributed by atoms with Crippen LogP contribution in [0.1, 0.15) is 31.8 Å². The molecule has 3 amide bonds. The van der Waals surface area contributed by atoms with Gasteiger partial charge < -0.3 is 4.42 Å². The van der Waals surface area contributed by atoms with Gasteiger partial charge in [-0.1, -0.05) is 34.4 Å². The van der Waals surface area contributed by atoms with Crippen LogP contribution in [-0.4, -0.2) is 39.4 Å². The minimum absolute atomic E-state index is 0.101. The first kappa shape index (κ1) is 17.6. The number of nitrogens with zero attached hydrogens (tertiary/aromatic N) is 3. The van der Waals surface area contributed by atoms with Crippen LogP contribution in [0.25, 0.3) is 11.5 Å². The lowest BCUT2D eigenvalue weighted by Gasteiger charge is -2.12. The van der Waals surface area contributed by atoms with Crippen molar-refractivity contribution < 1.29 is 18.8 Å². The van der Waals surface area contributed by atoms with Crippen LogP contribution in [0.15, 0.2) is 46.9 Å². The number of benzene rings is 2. The van der Waals surface area contributed by atoms with Crippen LogP contribution in [0.5, 0.6) is 0 Å². The fraction of sp³-hybridized carbons (Fsp3) is 0.150. The number of carbonyl (C=O) groups is 3. The number of aromatic nitrogens is 2. The van der Waals surface area contributed by atoms with E-state index in [2.05, 4.69) is 15.5 Å². The summed E-state index contributed by atoms with van der Waals surface area (Å²) in [5.74, 6) is -1.35. The molecule has 4 rings (SSSR count). The molecule has 0 fully saturated rings. The second-order valence-corrected chi connectivity index (χ2v) is 6.58. The fourth-order valence-electron chi connectivity index (χ4n) is 3.17. The van der Waals surface area contributed by atoms with E-state index in [9.17, 15) is 14.4 Å². The zero-order valence-electron chi connectivity index (χ0n) is 15.2. The molecule has 1 aliphatic heterocycles. The lowest BCUT2D eigenvalue weighted by atomic mass is 10.1. The normalized spacial score (nSPS) is 13.0. The summed E-state index contributed by atoms with van der Waals surface area (Å²) >= 11 is 0. The van der Waals surface area contributed by atoms with E-state index >= 15 is 0 Å². The molecule has 0 atom stereocenters. The predicted molar refractivity (Wildman–Crippen MR) is 99.6 cm³/mol. The zero-order chi connectivity index (χ0) is 19.8. The van der Waals surface area contributed by atoms with Gasteiger partial charge in [-0.05, 0) is 38.1 Å². The highest BCUT2D eigenvalue weighted by molar-refractivity contribution is 6.22. The average Bonchev–Trinajstić information content (AvgIpc) is 3.20. The van der Waals surface area contributed by atoms with Crippen LogP contribution in [-0.2, 0) is 4.79 Å². The number of rotatable bonds is 4. The highest BCUT2D eigenvalue weighted by atomic mass is 16.4. The molecule has 3 aromatic rings. The molecule has 0 unspecified atom stereocenters. The topological polar surface area (TPSA) is 105 Å². The van der Waals surface area contributed by atoms with Crippen molar-refractivity contribution in [3.63, 3.8) is 0 Å². The SMILES string of the molecule is Cc1cc(C)cc(-c2nnc(NC(=O)CN3C(=O)c4ccccc4C3=O)o2)c1. The zero-order valence-corrected chi connectivity index (χ0v) is 15.2. The van der Waals surface area contributed by atoms with Gasteiger partial charge in [0.15, 0.2) is 0 Å². The Balaban J connectivity index is 1.46. The van der Waals surface area contributed by atoms with E-state index in [-0.39, 0.29) is 23.0 Å². The highest BCUT2D eigenvalue weighted by Gasteiger charge is 2.36. The summed E-state index contributed by atoms with van der Waals surface area (Å²) in [6.07, 6.45) is 0. The minimum Gasteiger partial charge on any atom is -0.403 e. The van der Waals surface area contributed by atoms with Gasteiger partial charge in [-0.15, -0.1) is 5.10 Å². The van der Waals surface area contributed by atoms with Crippen molar-refractivity contribution in [3.05, 3.63) is 64.7 Å². The number of aryl methyl sites for hydroxylation is 2. The Morgan fingerprint density at radius 1 is 1.00 bits per heavy atom. The Morgan fingerprint density at radius 3 is 2.21 bits per heavy atom. The van der Waals surface area contributed by atoms with Crippen LogP contribution >= 0.6 is 0 Å². The maximum Gasteiger partial charge on any atom is 0.322 e. The summed E-state index contributed by atoms with van der Waals surface area (Å²) < 4.78 is 5.49. The van der Waals surface area contributed by atoms with E-state index in [4.69, 9.17) is 4.42 Å². The highest BCUT2D eigenvalue weighted by Crippen LogP contribution is 2.24. The van der Waals surface area contributed by atoms with E-state index in [0.717, 1.165) is 21.6 Å². The summed E-state index contributed by atoms with van der Waals surface area (Å²) in [4.78, 5) is 37.8. The first-order valence-corrected chi connectivity index (χ1v) is 8.59. The van der Waals surface area contributed by atoms with Crippen LogP contribution in [0, 0.1) is 13.8 Å². The van der Waals surface area contributed by atoms with Gasteiger partial charge in [0.1, 0.15) is 6.54 Å². The number of hydrogen-bond donors (Lipinski definition) is 1. The van der Waals surface area contributed by atoms with E-state index in [1.165, 1.54) is 0 Å². The molecule has 1 aliphatic rings. The lowest BCUT2D eigenvalue weighted by molar-refractivity contribution is -0.116. The summed E-state index contributed by atoms with van der Waals surface area (Å²) in [6.45, 7) is 3.48. The average molecular weight is 376 g/mol. The van der Waals surface area contributed by atoms with Crippen molar-refractivity contribution in [1.82, 2.24) is 15.1 Å². The van der Waals surface area contributed by atoms with Gasteiger partial charge in [0, 0.05) is 5.56 Å². The van der Waals surface area contributed by atoms with Crippen LogP contribution < -0.4 is 5.32 Å². The maximum atomic E-state index is 12.3. The second kappa shape index (κ2) is 6.73. The largest absolute Gasteiger partial charge is 0.403 e. The molecule has 8 nitrogen and oxygen atoms in total. The maximum absolute atomic E-state index is 12.3. The molecule has 0 radical (unpaired) electrons. The van der Waals surface area contributed by atoms with Crippen LogP contribution in [0.2, 0.25) is 0 Å². The van der Waals surface area contributed by atoms with E-state index in [0.29, 0.717) is 0 Å². The molecule has 2 aromatic carbocycles. The lowest BCUT2D eigenvalue weighted by Crippen LogP contribution is -2.37. The van der Waals surface area contributed by atoms with Crippen molar-refractivity contribution in [1.29, 1.82) is 0 Å². The molecule has 0 spiro atoms. The van der Waals surface area contributed by atoms with Crippen molar-refractivity contribution >= 4 is 23.7 Å². The fourth-order valence-corrected chi connectivity index (χ4v) is 3.17. The smallest absolute Gasteiger partial charge is 0.322 e. The third-order valence-corrected chi connectivity index (χ3v) is 4.32. The van der Waals surface area contributed by atoms with Crippen molar-refractivity contribution in [3.8, 4) is 11.5 Å². The van der Waals surface area contributed by atoms with Crippen LogP contribution in [0.3, 0.4) is 0 Å². The number of imide groups is 1. The number of fused-ring (bicyclic) bond motifs is 1.